The highest BCUT2D eigenvalue weighted by Gasteiger charge is 2.46. The zero-order chi connectivity index (χ0) is 44.5. The van der Waals surface area contributed by atoms with Crippen molar-refractivity contribution in [3.05, 3.63) is 89.2 Å². The number of rotatable bonds is 13. The van der Waals surface area contributed by atoms with Gasteiger partial charge in [0, 0.05) is 61.8 Å². The Bertz CT molecular complexity index is 2490. The number of piperidine rings is 2. The van der Waals surface area contributed by atoms with Gasteiger partial charge in [0.25, 0.3) is 11.8 Å². The number of likely N-dealkylation sites (tertiary alicyclic amines) is 1. The molecule has 0 spiro atoms. The number of carbonyl (C=O) groups is 5. The summed E-state index contributed by atoms with van der Waals surface area (Å²) in [5.41, 5.74) is 1.76. The lowest BCUT2D eigenvalue weighted by Crippen LogP contribution is -2.58. The Balaban J connectivity index is 0.825. The molecule has 4 aromatic rings. The first-order valence-corrected chi connectivity index (χ1v) is 21.5. The van der Waals surface area contributed by atoms with Crippen molar-refractivity contribution < 1.29 is 37.5 Å². The van der Waals surface area contributed by atoms with Crippen molar-refractivity contribution >= 4 is 74.9 Å². The van der Waals surface area contributed by atoms with E-state index < -0.39 is 47.2 Å². The van der Waals surface area contributed by atoms with Crippen LogP contribution in [-0.4, -0.2) is 118 Å². The molecule has 15 nitrogen and oxygen atoms in total. The number of nitrogens with one attached hydrogen (secondary N) is 3. The lowest BCUT2D eigenvalue weighted by atomic mass is 9.94. The van der Waals surface area contributed by atoms with Crippen molar-refractivity contribution in [2.45, 2.75) is 64.1 Å². The third-order valence-corrected chi connectivity index (χ3v) is 12.5. The number of hydrogen-bond donors (Lipinski definition) is 3. The normalized spacial score (nSPS) is 21.1. The molecule has 3 unspecified atom stereocenters. The summed E-state index contributed by atoms with van der Waals surface area (Å²) >= 11 is 5.98. The second-order valence-electron chi connectivity index (χ2n) is 16.6. The molecule has 0 aliphatic carbocycles. The van der Waals surface area contributed by atoms with Gasteiger partial charge < -0.3 is 25.2 Å². The van der Waals surface area contributed by atoms with Crippen LogP contribution in [0.1, 0.15) is 66.7 Å². The highest BCUT2D eigenvalue weighted by atomic mass is 35.5. The van der Waals surface area contributed by atoms with Crippen molar-refractivity contribution in [1.29, 1.82) is 0 Å². The van der Waals surface area contributed by atoms with Crippen LogP contribution in [0.3, 0.4) is 0 Å². The van der Waals surface area contributed by atoms with Crippen LogP contribution in [0, 0.1) is 17.6 Å². The molecule has 330 valence electrons. The quantitative estimate of drug-likeness (QED) is 0.0826. The number of carbonyl (C=O) groups excluding carboxylic acids is 5. The van der Waals surface area contributed by atoms with Crippen molar-refractivity contribution in [3.63, 3.8) is 0 Å². The molecule has 3 atom stereocenters. The van der Waals surface area contributed by atoms with Crippen LogP contribution < -0.4 is 25.6 Å². The van der Waals surface area contributed by atoms with Crippen LogP contribution >= 0.6 is 11.6 Å². The van der Waals surface area contributed by atoms with Crippen LogP contribution in [-0.2, 0) is 14.4 Å². The Morgan fingerprint density at radius 1 is 0.952 bits per heavy atom. The number of halogens is 3. The molecule has 4 aliphatic heterocycles. The predicted octanol–water partition coefficient (Wildman–Crippen LogP) is 5.91. The van der Waals surface area contributed by atoms with Gasteiger partial charge >= 0.3 is 0 Å². The van der Waals surface area contributed by atoms with E-state index in [4.69, 9.17) is 16.3 Å². The van der Waals surface area contributed by atoms with E-state index in [0.29, 0.717) is 59.5 Å². The van der Waals surface area contributed by atoms with E-state index in [9.17, 15) is 28.4 Å². The molecule has 4 aliphatic rings. The standard InChI is InChI=1S/C45H48ClF2N9O6/c1-4-40(58)52-36-18-31-35(49-24-50-42(31)51-28-6-7-33(47)32(46)16-28)20-39(36)63-15-5-12-54-13-10-27(11-14-54)23-55-21-25(2)56(26(3)22-55)38-19-30-29(17-34(38)48)44(61)57(45(30)62)37-8-9-41(59)53-43(37)60/h4,6-7,16-20,24-27,37H,1,5,8-15,21-23H2,2-3H3,(H,52,58)(H,49,50,51)(H,53,59,60). The number of nitrogens with zero attached hydrogens (tertiary/aromatic N) is 6. The van der Waals surface area contributed by atoms with Gasteiger partial charge in [0.05, 0.1) is 39.6 Å². The Morgan fingerprint density at radius 3 is 2.38 bits per heavy atom. The zero-order valence-corrected chi connectivity index (χ0v) is 35.7. The number of benzene rings is 3. The second-order valence-corrected chi connectivity index (χ2v) is 17.0. The monoisotopic (exact) mass is 883 g/mol. The summed E-state index contributed by atoms with van der Waals surface area (Å²) in [5.74, 6) is -2.72. The van der Waals surface area contributed by atoms with Gasteiger partial charge in [0.2, 0.25) is 17.7 Å². The first kappa shape index (κ1) is 43.6. The third-order valence-electron chi connectivity index (χ3n) is 12.2. The van der Waals surface area contributed by atoms with E-state index in [1.54, 1.807) is 18.2 Å². The van der Waals surface area contributed by atoms with Gasteiger partial charge in [-0.2, -0.15) is 0 Å². The maximum atomic E-state index is 15.8. The van der Waals surface area contributed by atoms with Crippen LogP contribution in [0.15, 0.2) is 61.4 Å². The van der Waals surface area contributed by atoms with Gasteiger partial charge in [-0.1, -0.05) is 18.2 Å². The fourth-order valence-corrected chi connectivity index (χ4v) is 9.44. The van der Waals surface area contributed by atoms with Crippen molar-refractivity contribution in [2.24, 2.45) is 5.92 Å². The van der Waals surface area contributed by atoms with Gasteiger partial charge in [0.1, 0.15) is 35.6 Å². The molecule has 0 radical (unpaired) electrons. The fourth-order valence-electron chi connectivity index (χ4n) is 9.26. The van der Waals surface area contributed by atoms with E-state index >= 15 is 4.39 Å². The van der Waals surface area contributed by atoms with Crippen molar-refractivity contribution in [1.82, 2.24) is 30.0 Å². The Morgan fingerprint density at radius 2 is 1.68 bits per heavy atom. The first-order chi connectivity index (χ1) is 30.3. The molecule has 18 heteroatoms. The lowest BCUT2D eigenvalue weighted by Gasteiger charge is -2.47. The Kier molecular flexibility index (Phi) is 12.7. The molecule has 3 aromatic carbocycles. The van der Waals surface area contributed by atoms with Gasteiger partial charge in [-0.25, -0.2) is 18.7 Å². The number of anilines is 4. The van der Waals surface area contributed by atoms with E-state index in [1.807, 2.05) is 18.7 Å². The summed E-state index contributed by atoms with van der Waals surface area (Å²) in [6.07, 6.45) is 5.43. The number of amides is 5. The van der Waals surface area contributed by atoms with E-state index in [-0.39, 0.29) is 46.8 Å². The van der Waals surface area contributed by atoms with E-state index in [1.165, 1.54) is 30.6 Å². The molecule has 1 aromatic heterocycles. The largest absolute Gasteiger partial charge is 0.491 e. The van der Waals surface area contributed by atoms with Crippen LogP contribution in [0.2, 0.25) is 5.02 Å². The number of aromatic nitrogens is 2. The molecule has 0 saturated carbocycles. The average molecular weight is 884 g/mol. The number of piperazine rings is 1. The number of fused-ring (bicyclic) bond motifs is 2. The molecule has 3 saturated heterocycles. The number of hydrogen-bond acceptors (Lipinski definition) is 12. The summed E-state index contributed by atoms with van der Waals surface area (Å²) in [6, 6.07) is 8.99. The van der Waals surface area contributed by atoms with E-state index in [2.05, 4.69) is 42.3 Å². The minimum Gasteiger partial charge on any atom is -0.491 e. The predicted molar refractivity (Wildman–Crippen MR) is 233 cm³/mol. The molecule has 63 heavy (non-hydrogen) atoms. The maximum absolute atomic E-state index is 15.8. The summed E-state index contributed by atoms with van der Waals surface area (Å²) in [6.45, 7) is 13.1. The third kappa shape index (κ3) is 9.22. The molecule has 5 heterocycles. The van der Waals surface area contributed by atoms with Crippen LogP contribution in [0.4, 0.5) is 31.7 Å². The molecular weight excluding hydrogens is 836 g/mol. The number of ether oxygens (including phenoxy) is 1. The zero-order valence-electron chi connectivity index (χ0n) is 35.0. The Labute approximate surface area is 367 Å². The molecule has 3 fully saturated rings. The van der Waals surface area contributed by atoms with Gasteiger partial charge in [0.15, 0.2) is 0 Å². The fraction of sp³-hybridized carbons (Fsp3) is 0.400. The summed E-state index contributed by atoms with van der Waals surface area (Å²) in [7, 11) is 0. The molecule has 0 bridgehead atoms. The SMILES string of the molecule is C=CC(=O)Nc1cc2c(Nc3ccc(F)c(Cl)c3)ncnc2cc1OCCCN1CCC(CN2CC(C)N(c3cc4c(cc3F)C(=O)N(C3CCC(=O)NC3=O)C4=O)C(C)C2)CC1. The molecular formula is C45H48ClF2N9O6. The topological polar surface area (TPSA) is 169 Å². The summed E-state index contributed by atoms with van der Waals surface area (Å²) in [4.78, 5) is 79.8. The average Bonchev–Trinajstić information content (AvgIpc) is 3.48. The first-order valence-electron chi connectivity index (χ1n) is 21.1. The lowest BCUT2D eigenvalue weighted by molar-refractivity contribution is -0.136. The van der Waals surface area contributed by atoms with Gasteiger partial charge in [-0.15, -0.1) is 0 Å². The second kappa shape index (κ2) is 18.4. The smallest absolute Gasteiger partial charge is 0.262 e. The minimum atomic E-state index is -1.12. The highest BCUT2D eigenvalue weighted by molar-refractivity contribution is 6.31. The van der Waals surface area contributed by atoms with Crippen molar-refractivity contribution in [2.75, 3.05) is 61.4 Å². The molecule has 8 rings (SSSR count). The summed E-state index contributed by atoms with van der Waals surface area (Å²) in [5, 5.41) is 8.72. The summed E-state index contributed by atoms with van der Waals surface area (Å²) < 4.78 is 35.8. The van der Waals surface area contributed by atoms with Crippen LogP contribution in [0.25, 0.3) is 10.9 Å². The highest BCUT2D eigenvalue weighted by Crippen LogP contribution is 2.37. The van der Waals surface area contributed by atoms with Crippen LogP contribution in [0.5, 0.6) is 5.75 Å². The maximum Gasteiger partial charge on any atom is 0.262 e. The molecule has 3 N–H and O–H groups in total. The van der Waals surface area contributed by atoms with Gasteiger partial charge in [-0.3, -0.25) is 39.1 Å². The minimum absolute atomic E-state index is 0.00480. The van der Waals surface area contributed by atoms with Crippen molar-refractivity contribution in [3.8, 4) is 5.75 Å². The van der Waals surface area contributed by atoms with E-state index in [0.717, 1.165) is 56.4 Å². The number of imide groups is 2. The van der Waals surface area contributed by atoms with Gasteiger partial charge in [-0.05, 0) is 101 Å². The Hall–Kier alpha value is -6.04. The molecule has 5 amide bonds.